The lowest BCUT2D eigenvalue weighted by Gasteiger charge is -2.25. The largest absolute Gasteiger partial charge is 0.466 e. The first kappa shape index (κ1) is 18.4. The summed E-state index contributed by atoms with van der Waals surface area (Å²) in [7, 11) is 1.39. The Balaban J connectivity index is 1.55. The summed E-state index contributed by atoms with van der Waals surface area (Å²) in [6.45, 7) is 2.33. The van der Waals surface area contributed by atoms with Gasteiger partial charge in [0.15, 0.2) is 0 Å². The third-order valence-electron chi connectivity index (χ3n) is 5.05. The lowest BCUT2D eigenvalue weighted by molar-refractivity contribution is -0.134. The molecular formula is C23H27NO2. The van der Waals surface area contributed by atoms with E-state index in [2.05, 4.69) is 64.2 Å². The molecule has 0 N–H and O–H groups in total. The molecule has 26 heavy (non-hydrogen) atoms. The molecule has 2 aromatic rings. The van der Waals surface area contributed by atoms with Gasteiger partial charge in [-0.2, -0.15) is 0 Å². The standard InChI is InChI=1S/C23H27NO2/c1-26-23(25)16-13-20-11-14-21(15-12-20)22-10-6-18-24(22)17-5-9-19-7-3-2-4-8-19/h2-4,7-8,11-16,22H,5-6,9-10,17-18H2,1H3. The Morgan fingerprint density at radius 2 is 1.92 bits per heavy atom. The van der Waals surface area contributed by atoms with Crippen LogP contribution in [0.4, 0.5) is 0 Å². The molecule has 1 aliphatic heterocycles. The first-order valence-electron chi connectivity index (χ1n) is 9.40. The van der Waals surface area contributed by atoms with Gasteiger partial charge >= 0.3 is 5.97 Å². The third kappa shape index (κ3) is 5.06. The molecule has 1 saturated heterocycles. The maximum Gasteiger partial charge on any atom is 0.330 e. The minimum Gasteiger partial charge on any atom is -0.466 e. The van der Waals surface area contributed by atoms with Gasteiger partial charge in [-0.15, -0.1) is 0 Å². The molecule has 0 amide bonds. The zero-order valence-corrected chi connectivity index (χ0v) is 15.4. The molecule has 0 aliphatic carbocycles. The number of hydrogen-bond donors (Lipinski definition) is 0. The normalized spacial score (nSPS) is 17.7. The summed E-state index contributed by atoms with van der Waals surface area (Å²) < 4.78 is 4.63. The Morgan fingerprint density at radius 3 is 2.65 bits per heavy atom. The predicted molar refractivity (Wildman–Crippen MR) is 106 cm³/mol. The van der Waals surface area contributed by atoms with E-state index >= 15 is 0 Å². The fourth-order valence-corrected chi connectivity index (χ4v) is 3.66. The van der Waals surface area contributed by atoms with Crippen LogP contribution < -0.4 is 0 Å². The van der Waals surface area contributed by atoms with E-state index in [4.69, 9.17) is 0 Å². The van der Waals surface area contributed by atoms with Crippen molar-refractivity contribution in [2.45, 2.75) is 31.7 Å². The molecule has 1 fully saturated rings. The van der Waals surface area contributed by atoms with Crippen LogP contribution in [0.25, 0.3) is 6.08 Å². The summed E-state index contributed by atoms with van der Waals surface area (Å²) in [5.74, 6) is -0.325. The summed E-state index contributed by atoms with van der Waals surface area (Å²) in [5, 5.41) is 0. The number of ether oxygens (including phenoxy) is 1. The highest BCUT2D eigenvalue weighted by atomic mass is 16.5. The minimum atomic E-state index is -0.325. The summed E-state index contributed by atoms with van der Waals surface area (Å²) in [5.41, 5.74) is 3.81. The van der Waals surface area contributed by atoms with Gasteiger partial charge in [-0.25, -0.2) is 4.79 Å². The van der Waals surface area contributed by atoms with Gasteiger partial charge in [0.05, 0.1) is 7.11 Å². The van der Waals surface area contributed by atoms with Crippen molar-refractivity contribution in [3.8, 4) is 0 Å². The molecule has 0 radical (unpaired) electrons. The zero-order chi connectivity index (χ0) is 18.2. The SMILES string of the molecule is COC(=O)C=Cc1ccc(C2CCCN2CCCc2ccccc2)cc1. The number of hydrogen-bond acceptors (Lipinski definition) is 3. The van der Waals surface area contributed by atoms with Gasteiger partial charge in [-0.1, -0.05) is 54.6 Å². The zero-order valence-electron chi connectivity index (χ0n) is 15.4. The smallest absolute Gasteiger partial charge is 0.330 e. The van der Waals surface area contributed by atoms with Crippen molar-refractivity contribution in [2.75, 3.05) is 20.2 Å². The number of nitrogens with zero attached hydrogens (tertiary/aromatic N) is 1. The van der Waals surface area contributed by atoms with E-state index in [1.54, 1.807) is 6.08 Å². The quantitative estimate of drug-likeness (QED) is 0.539. The Hall–Kier alpha value is -2.39. The van der Waals surface area contributed by atoms with E-state index in [1.165, 1.54) is 50.1 Å². The molecular weight excluding hydrogens is 322 g/mol. The van der Waals surface area contributed by atoms with Crippen molar-refractivity contribution in [1.82, 2.24) is 4.90 Å². The van der Waals surface area contributed by atoms with Gasteiger partial charge in [0.2, 0.25) is 0 Å². The Morgan fingerprint density at radius 1 is 1.15 bits per heavy atom. The average molecular weight is 349 g/mol. The maximum atomic E-state index is 11.2. The van der Waals surface area contributed by atoms with Crippen LogP contribution in [0.3, 0.4) is 0 Å². The van der Waals surface area contributed by atoms with Gasteiger partial charge in [-0.3, -0.25) is 4.90 Å². The number of esters is 1. The van der Waals surface area contributed by atoms with Crippen LogP contribution in [-0.2, 0) is 16.0 Å². The number of carbonyl (C=O) groups excluding carboxylic acids is 1. The van der Waals surface area contributed by atoms with Gasteiger partial charge in [0.25, 0.3) is 0 Å². The monoisotopic (exact) mass is 349 g/mol. The van der Waals surface area contributed by atoms with E-state index in [0.29, 0.717) is 6.04 Å². The second-order valence-corrected chi connectivity index (χ2v) is 6.81. The first-order valence-corrected chi connectivity index (χ1v) is 9.40. The van der Waals surface area contributed by atoms with E-state index in [9.17, 15) is 4.79 Å². The summed E-state index contributed by atoms with van der Waals surface area (Å²) >= 11 is 0. The number of likely N-dealkylation sites (tertiary alicyclic amines) is 1. The maximum absolute atomic E-state index is 11.2. The van der Waals surface area contributed by atoms with Crippen molar-refractivity contribution in [1.29, 1.82) is 0 Å². The van der Waals surface area contributed by atoms with Crippen LogP contribution >= 0.6 is 0 Å². The minimum absolute atomic E-state index is 0.325. The second kappa shape index (κ2) is 9.35. The highest BCUT2D eigenvalue weighted by Gasteiger charge is 2.25. The summed E-state index contributed by atoms with van der Waals surface area (Å²) in [4.78, 5) is 13.8. The van der Waals surface area contributed by atoms with Crippen LogP contribution in [-0.4, -0.2) is 31.1 Å². The summed E-state index contributed by atoms with van der Waals surface area (Å²) in [6.07, 6.45) is 8.08. The number of aryl methyl sites for hydroxylation is 1. The summed E-state index contributed by atoms with van der Waals surface area (Å²) in [6, 6.07) is 19.8. The lowest BCUT2D eigenvalue weighted by Crippen LogP contribution is -2.24. The molecule has 3 rings (SSSR count). The second-order valence-electron chi connectivity index (χ2n) is 6.81. The molecule has 136 valence electrons. The molecule has 1 aliphatic rings. The third-order valence-corrected chi connectivity index (χ3v) is 5.05. The molecule has 0 saturated carbocycles. The molecule has 3 heteroatoms. The number of methoxy groups -OCH3 is 1. The number of benzene rings is 2. The van der Waals surface area contributed by atoms with Crippen molar-refractivity contribution >= 4 is 12.0 Å². The van der Waals surface area contributed by atoms with E-state index < -0.39 is 0 Å². The Labute approximate surface area is 156 Å². The molecule has 1 atom stereocenters. The predicted octanol–water partition coefficient (Wildman–Crippen LogP) is 4.64. The molecule has 1 unspecified atom stereocenters. The Bertz CT molecular complexity index is 722. The topological polar surface area (TPSA) is 29.5 Å². The van der Waals surface area contributed by atoms with Crippen molar-refractivity contribution in [2.24, 2.45) is 0 Å². The van der Waals surface area contributed by atoms with Crippen LogP contribution in [0.5, 0.6) is 0 Å². The van der Waals surface area contributed by atoms with E-state index in [0.717, 1.165) is 18.5 Å². The molecule has 2 aromatic carbocycles. The molecule has 3 nitrogen and oxygen atoms in total. The molecule has 0 aromatic heterocycles. The van der Waals surface area contributed by atoms with Crippen LogP contribution in [0.1, 0.15) is 42.0 Å². The fourth-order valence-electron chi connectivity index (χ4n) is 3.66. The van der Waals surface area contributed by atoms with Gasteiger partial charge in [-0.05, 0) is 61.5 Å². The number of carbonyl (C=O) groups is 1. The highest BCUT2D eigenvalue weighted by molar-refractivity contribution is 5.86. The number of rotatable bonds is 7. The molecule has 1 heterocycles. The van der Waals surface area contributed by atoms with Crippen LogP contribution in [0.15, 0.2) is 60.7 Å². The van der Waals surface area contributed by atoms with Crippen molar-refractivity contribution in [3.05, 3.63) is 77.4 Å². The van der Waals surface area contributed by atoms with Crippen molar-refractivity contribution in [3.63, 3.8) is 0 Å². The van der Waals surface area contributed by atoms with Crippen molar-refractivity contribution < 1.29 is 9.53 Å². The van der Waals surface area contributed by atoms with Gasteiger partial charge < -0.3 is 4.74 Å². The van der Waals surface area contributed by atoms with E-state index in [-0.39, 0.29) is 5.97 Å². The van der Waals surface area contributed by atoms with Crippen LogP contribution in [0.2, 0.25) is 0 Å². The molecule has 0 spiro atoms. The lowest BCUT2D eigenvalue weighted by atomic mass is 10.0. The van der Waals surface area contributed by atoms with Crippen LogP contribution in [0, 0.1) is 0 Å². The highest BCUT2D eigenvalue weighted by Crippen LogP contribution is 2.32. The van der Waals surface area contributed by atoms with E-state index in [1.807, 2.05) is 0 Å². The van der Waals surface area contributed by atoms with Gasteiger partial charge in [0.1, 0.15) is 0 Å². The molecule has 0 bridgehead atoms. The van der Waals surface area contributed by atoms with Gasteiger partial charge in [0, 0.05) is 12.1 Å². The average Bonchev–Trinajstić information content (AvgIpc) is 3.16. The Kier molecular flexibility index (Phi) is 6.62. The fraction of sp³-hybridized carbons (Fsp3) is 0.348. The first-order chi connectivity index (χ1) is 12.8.